The number of hydrogen-bond donors (Lipinski definition) is 3. The number of hydrogen-bond acceptors (Lipinski definition) is 4. The van der Waals surface area contributed by atoms with E-state index in [1.807, 2.05) is 6.92 Å². The average Bonchev–Trinajstić information content (AvgIpc) is 2.31. The number of carbonyl (C=O) groups is 1. The van der Waals surface area contributed by atoms with Gasteiger partial charge in [-0.15, -0.1) is 0 Å². The molecule has 20 heavy (non-hydrogen) atoms. The highest BCUT2D eigenvalue weighted by atomic mass is 32.2. The minimum atomic E-state index is -3.84. The Labute approximate surface area is 119 Å². The molecule has 0 aliphatic rings. The molecule has 0 spiro atoms. The van der Waals surface area contributed by atoms with Gasteiger partial charge in [-0.3, -0.25) is 4.79 Å². The molecule has 0 bridgehead atoms. The molecule has 0 saturated carbocycles. The Balaban J connectivity index is 3.21. The van der Waals surface area contributed by atoms with E-state index >= 15 is 0 Å². The van der Waals surface area contributed by atoms with E-state index in [4.69, 9.17) is 11.5 Å². The molecular weight excluding hydrogens is 278 g/mol. The number of primary amides is 1. The predicted molar refractivity (Wildman–Crippen MR) is 78.5 cm³/mol. The molecule has 6 nitrogen and oxygen atoms in total. The second kappa shape index (κ2) is 5.80. The van der Waals surface area contributed by atoms with E-state index in [2.05, 4.69) is 4.72 Å². The van der Waals surface area contributed by atoms with Crippen LogP contribution in [0.25, 0.3) is 0 Å². The smallest absolute Gasteiger partial charge is 0.241 e. The first kappa shape index (κ1) is 16.5. The van der Waals surface area contributed by atoms with Crippen molar-refractivity contribution in [1.82, 2.24) is 4.72 Å². The van der Waals surface area contributed by atoms with Gasteiger partial charge in [0.05, 0.1) is 4.90 Å². The van der Waals surface area contributed by atoms with Gasteiger partial charge < -0.3 is 11.5 Å². The predicted octanol–water partition coefficient (Wildman–Crippen LogP) is 0.674. The fourth-order valence-corrected chi connectivity index (χ4v) is 3.24. The van der Waals surface area contributed by atoms with Crippen LogP contribution in [0.4, 0.5) is 5.69 Å². The van der Waals surface area contributed by atoms with Crippen molar-refractivity contribution in [3.63, 3.8) is 0 Å². The molecule has 5 N–H and O–H groups in total. The summed E-state index contributed by atoms with van der Waals surface area (Å²) in [5.41, 5.74) is 13.0. The molecule has 0 saturated heterocycles. The number of anilines is 1. The molecule has 7 heteroatoms. The molecule has 1 aromatic carbocycles. The number of aryl methyl sites for hydroxylation is 1. The van der Waals surface area contributed by atoms with Crippen LogP contribution in [0.5, 0.6) is 0 Å². The van der Waals surface area contributed by atoms with Gasteiger partial charge in [-0.25, -0.2) is 8.42 Å². The van der Waals surface area contributed by atoms with Crippen LogP contribution in [-0.2, 0) is 14.8 Å². The van der Waals surface area contributed by atoms with E-state index in [1.165, 1.54) is 12.1 Å². The minimum Gasteiger partial charge on any atom is -0.398 e. The fourth-order valence-electron chi connectivity index (χ4n) is 1.77. The Kier molecular flexibility index (Phi) is 4.77. The number of benzene rings is 1. The number of carbonyl (C=O) groups excluding carboxylic acids is 1. The summed E-state index contributed by atoms with van der Waals surface area (Å²) in [5, 5.41) is 0. The lowest BCUT2D eigenvalue weighted by Gasteiger charge is -2.19. The maximum absolute atomic E-state index is 12.3. The van der Waals surface area contributed by atoms with Gasteiger partial charge in [0.15, 0.2) is 0 Å². The molecule has 0 radical (unpaired) electrons. The minimum absolute atomic E-state index is 0.0324. The second-order valence-corrected chi connectivity index (χ2v) is 6.91. The van der Waals surface area contributed by atoms with Crippen molar-refractivity contribution in [2.45, 2.75) is 38.6 Å². The van der Waals surface area contributed by atoms with Gasteiger partial charge in [0, 0.05) is 5.69 Å². The largest absolute Gasteiger partial charge is 0.398 e. The molecule has 1 aromatic rings. The summed E-state index contributed by atoms with van der Waals surface area (Å²) in [5.74, 6) is -0.952. The van der Waals surface area contributed by atoms with Crippen LogP contribution in [0.3, 0.4) is 0 Å². The first-order chi connectivity index (χ1) is 9.06. The number of nitrogens with one attached hydrogen (secondary N) is 1. The number of nitrogens with two attached hydrogens (primary N) is 2. The Morgan fingerprint density at radius 3 is 2.20 bits per heavy atom. The normalized spacial score (nSPS) is 13.4. The Bertz CT molecular complexity index is 601. The zero-order chi connectivity index (χ0) is 15.7. The van der Waals surface area contributed by atoms with Crippen LogP contribution in [0.15, 0.2) is 17.0 Å². The van der Waals surface area contributed by atoms with Gasteiger partial charge in [-0.05, 0) is 43.0 Å². The SMILES string of the molecule is Cc1cc(S(=O)(=O)NC(C(N)=O)C(C)C)cc(N)c1C. The molecule has 112 valence electrons. The topological polar surface area (TPSA) is 115 Å². The summed E-state index contributed by atoms with van der Waals surface area (Å²) in [4.78, 5) is 11.3. The van der Waals surface area contributed by atoms with E-state index in [-0.39, 0.29) is 10.8 Å². The van der Waals surface area contributed by atoms with Crippen molar-refractivity contribution in [2.24, 2.45) is 11.7 Å². The molecular formula is C13H21N3O3S. The van der Waals surface area contributed by atoms with Crippen LogP contribution in [-0.4, -0.2) is 20.4 Å². The van der Waals surface area contributed by atoms with Crippen molar-refractivity contribution in [1.29, 1.82) is 0 Å². The molecule has 1 rings (SSSR count). The summed E-state index contributed by atoms with van der Waals surface area (Å²) in [6, 6.07) is 1.94. The lowest BCUT2D eigenvalue weighted by atomic mass is 10.1. The van der Waals surface area contributed by atoms with Gasteiger partial charge in [0.2, 0.25) is 15.9 Å². The lowest BCUT2D eigenvalue weighted by Crippen LogP contribution is -2.47. The lowest BCUT2D eigenvalue weighted by molar-refractivity contribution is -0.120. The second-order valence-electron chi connectivity index (χ2n) is 5.20. The van der Waals surface area contributed by atoms with Crippen LogP contribution in [0.1, 0.15) is 25.0 Å². The van der Waals surface area contributed by atoms with Crippen molar-refractivity contribution in [2.75, 3.05) is 5.73 Å². The fraction of sp³-hybridized carbons (Fsp3) is 0.462. The third-order valence-electron chi connectivity index (χ3n) is 3.25. The van der Waals surface area contributed by atoms with Crippen molar-refractivity contribution >= 4 is 21.6 Å². The maximum Gasteiger partial charge on any atom is 0.241 e. The zero-order valence-corrected chi connectivity index (χ0v) is 12.9. The summed E-state index contributed by atoms with van der Waals surface area (Å²) in [6.45, 7) is 7.02. The monoisotopic (exact) mass is 299 g/mol. The summed E-state index contributed by atoms with van der Waals surface area (Å²) < 4.78 is 26.9. The number of nitrogen functional groups attached to an aromatic ring is 1. The highest BCUT2D eigenvalue weighted by molar-refractivity contribution is 7.89. The van der Waals surface area contributed by atoms with Crippen LogP contribution in [0, 0.1) is 19.8 Å². The van der Waals surface area contributed by atoms with Gasteiger partial charge in [0.1, 0.15) is 6.04 Å². The molecule has 1 atom stereocenters. The standard InChI is InChI=1S/C13H21N3O3S/c1-7(2)12(13(15)17)16-20(18,19)10-5-8(3)9(4)11(14)6-10/h5-7,12,16H,14H2,1-4H3,(H2,15,17). The first-order valence-electron chi connectivity index (χ1n) is 6.24. The van der Waals surface area contributed by atoms with Crippen LogP contribution < -0.4 is 16.2 Å². The molecule has 1 unspecified atom stereocenters. The molecule has 0 aliphatic carbocycles. The summed E-state index contributed by atoms with van der Waals surface area (Å²) in [6.07, 6.45) is 0. The summed E-state index contributed by atoms with van der Waals surface area (Å²) in [7, 11) is -3.84. The van der Waals surface area contributed by atoms with E-state index < -0.39 is 22.0 Å². The third kappa shape index (κ3) is 3.49. The number of amides is 1. The molecule has 0 aliphatic heterocycles. The number of sulfonamides is 1. The maximum atomic E-state index is 12.3. The molecule has 1 amide bonds. The van der Waals surface area contributed by atoms with Gasteiger partial charge in [0.25, 0.3) is 0 Å². The molecule has 0 heterocycles. The summed E-state index contributed by atoms with van der Waals surface area (Å²) >= 11 is 0. The Morgan fingerprint density at radius 2 is 1.80 bits per heavy atom. The van der Waals surface area contributed by atoms with Crippen molar-refractivity contribution < 1.29 is 13.2 Å². The van der Waals surface area contributed by atoms with Crippen LogP contribution >= 0.6 is 0 Å². The highest BCUT2D eigenvalue weighted by Gasteiger charge is 2.27. The van der Waals surface area contributed by atoms with Crippen molar-refractivity contribution in [3.8, 4) is 0 Å². The van der Waals surface area contributed by atoms with Gasteiger partial charge in [-0.2, -0.15) is 4.72 Å². The van der Waals surface area contributed by atoms with E-state index in [9.17, 15) is 13.2 Å². The third-order valence-corrected chi connectivity index (χ3v) is 4.67. The quantitative estimate of drug-likeness (QED) is 0.693. The van der Waals surface area contributed by atoms with Gasteiger partial charge in [-0.1, -0.05) is 13.8 Å². The Hall–Kier alpha value is -1.60. The van der Waals surface area contributed by atoms with Crippen molar-refractivity contribution in [3.05, 3.63) is 23.3 Å². The first-order valence-corrected chi connectivity index (χ1v) is 7.73. The zero-order valence-electron chi connectivity index (χ0n) is 12.1. The average molecular weight is 299 g/mol. The van der Waals surface area contributed by atoms with Crippen LogP contribution in [0.2, 0.25) is 0 Å². The highest BCUT2D eigenvalue weighted by Crippen LogP contribution is 2.22. The van der Waals surface area contributed by atoms with E-state index in [1.54, 1.807) is 20.8 Å². The molecule has 0 aromatic heterocycles. The molecule has 0 fully saturated rings. The van der Waals surface area contributed by atoms with E-state index in [0.29, 0.717) is 5.69 Å². The van der Waals surface area contributed by atoms with E-state index in [0.717, 1.165) is 11.1 Å². The van der Waals surface area contributed by atoms with Gasteiger partial charge >= 0.3 is 0 Å². The Morgan fingerprint density at radius 1 is 1.25 bits per heavy atom. The number of rotatable bonds is 5.